The maximum atomic E-state index is 12.5. The number of aryl methyl sites for hydroxylation is 2. The Morgan fingerprint density at radius 2 is 1.96 bits per heavy atom. The Labute approximate surface area is 147 Å². The van der Waals surface area contributed by atoms with E-state index in [1.54, 1.807) is 37.5 Å². The van der Waals surface area contributed by atoms with Crippen LogP contribution >= 0.6 is 0 Å². The van der Waals surface area contributed by atoms with Gasteiger partial charge in [0.25, 0.3) is 10.0 Å². The zero-order valence-corrected chi connectivity index (χ0v) is 14.8. The van der Waals surface area contributed by atoms with E-state index in [-0.39, 0.29) is 4.90 Å². The predicted octanol–water partition coefficient (Wildman–Crippen LogP) is 3.70. The first kappa shape index (κ1) is 17.0. The number of anilines is 2. The van der Waals surface area contributed by atoms with Crippen molar-refractivity contribution in [3.63, 3.8) is 0 Å². The van der Waals surface area contributed by atoms with E-state index in [2.05, 4.69) is 15.0 Å². The lowest BCUT2D eigenvalue weighted by Crippen LogP contribution is -2.14. The van der Waals surface area contributed by atoms with Gasteiger partial charge in [0.05, 0.1) is 29.6 Å². The summed E-state index contributed by atoms with van der Waals surface area (Å²) >= 11 is 0. The summed E-state index contributed by atoms with van der Waals surface area (Å²) in [5, 5.41) is 3.10. The lowest BCUT2D eigenvalue weighted by molar-refractivity contribution is 0.518. The molecular formula is C18H19N3O3S. The number of nitrogens with zero attached hydrogens (tertiary/aromatic N) is 1. The van der Waals surface area contributed by atoms with Crippen molar-refractivity contribution in [2.45, 2.75) is 25.3 Å². The largest absolute Gasteiger partial charge is 0.467 e. The molecule has 0 aliphatic rings. The summed E-state index contributed by atoms with van der Waals surface area (Å²) in [4.78, 5) is 4.47. The van der Waals surface area contributed by atoms with Gasteiger partial charge >= 0.3 is 0 Å². The molecule has 0 atom stereocenters. The molecule has 0 saturated carbocycles. The summed E-state index contributed by atoms with van der Waals surface area (Å²) in [6.07, 6.45) is 3.08. The minimum atomic E-state index is -3.65. The number of sulfonamides is 1. The fraction of sp³-hybridized carbons (Fsp3) is 0.167. The van der Waals surface area contributed by atoms with Crippen molar-refractivity contribution in [3.05, 3.63) is 71.8 Å². The zero-order valence-electron chi connectivity index (χ0n) is 14.0. The van der Waals surface area contributed by atoms with Crippen LogP contribution in [0.1, 0.15) is 16.9 Å². The first-order chi connectivity index (χ1) is 11.9. The molecule has 25 heavy (non-hydrogen) atoms. The fourth-order valence-corrected chi connectivity index (χ4v) is 3.73. The highest BCUT2D eigenvalue weighted by Crippen LogP contribution is 2.20. The molecule has 0 aliphatic carbocycles. The van der Waals surface area contributed by atoms with Crippen LogP contribution in [0.4, 0.5) is 11.5 Å². The van der Waals surface area contributed by atoms with Crippen LogP contribution in [0, 0.1) is 13.8 Å². The van der Waals surface area contributed by atoms with E-state index in [1.165, 1.54) is 6.20 Å². The monoisotopic (exact) mass is 357 g/mol. The van der Waals surface area contributed by atoms with Crippen LogP contribution < -0.4 is 10.0 Å². The van der Waals surface area contributed by atoms with E-state index >= 15 is 0 Å². The Hall–Kier alpha value is -2.80. The smallest absolute Gasteiger partial charge is 0.262 e. The van der Waals surface area contributed by atoms with Gasteiger partial charge in [-0.1, -0.05) is 17.7 Å². The van der Waals surface area contributed by atoms with Gasteiger partial charge in [-0.05, 0) is 49.7 Å². The topological polar surface area (TPSA) is 84.2 Å². The van der Waals surface area contributed by atoms with Gasteiger partial charge in [-0.15, -0.1) is 0 Å². The maximum absolute atomic E-state index is 12.5. The van der Waals surface area contributed by atoms with Gasteiger partial charge in [-0.3, -0.25) is 4.72 Å². The highest BCUT2D eigenvalue weighted by molar-refractivity contribution is 7.92. The van der Waals surface area contributed by atoms with E-state index in [1.807, 2.05) is 25.1 Å². The second-order valence-corrected chi connectivity index (χ2v) is 7.39. The van der Waals surface area contributed by atoms with Gasteiger partial charge in [-0.25, -0.2) is 13.4 Å². The summed E-state index contributed by atoms with van der Waals surface area (Å²) in [6.45, 7) is 4.21. The molecule has 3 rings (SSSR count). The normalized spacial score (nSPS) is 11.3. The van der Waals surface area contributed by atoms with Gasteiger partial charge in [0, 0.05) is 0 Å². The van der Waals surface area contributed by atoms with Crippen molar-refractivity contribution >= 4 is 21.5 Å². The second kappa shape index (κ2) is 6.98. The van der Waals surface area contributed by atoms with Crippen LogP contribution in [0.2, 0.25) is 0 Å². The Morgan fingerprint density at radius 3 is 2.60 bits per heavy atom. The van der Waals surface area contributed by atoms with E-state index in [0.29, 0.717) is 23.6 Å². The number of aromatic nitrogens is 1. The van der Waals surface area contributed by atoms with Crippen LogP contribution in [-0.2, 0) is 16.6 Å². The molecule has 0 saturated heterocycles. The van der Waals surface area contributed by atoms with Crippen molar-refractivity contribution < 1.29 is 12.8 Å². The number of benzene rings is 1. The highest BCUT2D eigenvalue weighted by Gasteiger charge is 2.17. The van der Waals surface area contributed by atoms with Crippen LogP contribution in [0.5, 0.6) is 0 Å². The van der Waals surface area contributed by atoms with Gasteiger partial charge in [0.15, 0.2) is 0 Å². The third-order valence-corrected chi connectivity index (χ3v) is 5.20. The van der Waals surface area contributed by atoms with Crippen molar-refractivity contribution in [1.82, 2.24) is 4.98 Å². The van der Waals surface area contributed by atoms with E-state index in [4.69, 9.17) is 4.42 Å². The van der Waals surface area contributed by atoms with Crippen LogP contribution in [0.25, 0.3) is 0 Å². The number of hydrogen-bond acceptors (Lipinski definition) is 5. The van der Waals surface area contributed by atoms with Gasteiger partial charge in [0.2, 0.25) is 0 Å². The molecule has 3 aromatic rings. The van der Waals surface area contributed by atoms with E-state index in [9.17, 15) is 8.42 Å². The Balaban J connectivity index is 1.69. The SMILES string of the molecule is Cc1ccc(S(=O)(=O)Nc2ccc(NCc3ccco3)nc2)c(C)c1. The zero-order chi connectivity index (χ0) is 17.9. The first-order valence-electron chi connectivity index (χ1n) is 7.76. The molecule has 2 N–H and O–H groups in total. The summed E-state index contributed by atoms with van der Waals surface area (Å²) in [6, 6.07) is 12.3. The van der Waals surface area contributed by atoms with Gasteiger partial charge in [-0.2, -0.15) is 0 Å². The second-order valence-electron chi connectivity index (χ2n) is 5.74. The summed E-state index contributed by atoms with van der Waals surface area (Å²) in [5.74, 6) is 1.42. The lowest BCUT2D eigenvalue weighted by Gasteiger charge is -2.11. The molecule has 7 heteroatoms. The minimum Gasteiger partial charge on any atom is -0.467 e. The third kappa shape index (κ3) is 4.19. The van der Waals surface area contributed by atoms with Crippen molar-refractivity contribution in [2.75, 3.05) is 10.0 Å². The summed E-state index contributed by atoms with van der Waals surface area (Å²) in [7, 11) is -3.65. The maximum Gasteiger partial charge on any atom is 0.262 e. The molecule has 0 aliphatic heterocycles. The number of pyridine rings is 1. The lowest BCUT2D eigenvalue weighted by atomic mass is 10.2. The third-order valence-electron chi connectivity index (χ3n) is 3.66. The van der Waals surface area contributed by atoms with Crippen LogP contribution in [0.3, 0.4) is 0 Å². The Bertz CT molecular complexity index is 950. The molecule has 0 bridgehead atoms. The molecular weight excluding hydrogens is 338 g/mol. The van der Waals surface area contributed by atoms with Crippen molar-refractivity contribution in [1.29, 1.82) is 0 Å². The van der Waals surface area contributed by atoms with Crippen molar-refractivity contribution in [2.24, 2.45) is 0 Å². The van der Waals surface area contributed by atoms with Gasteiger partial charge < -0.3 is 9.73 Å². The van der Waals surface area contributed by atoms with Crippen LogP contribution in [-0.4, -0.2) is 13.4 Å². The predicted molar refractivity (Wildman–Crippen MR) is 97.0 cm³/mol. The van der Waals surface area contributed by atoms with Crippen LogP contribution in [0.15, 0.2) is 64.2 Å². The van der Waals surface area contributed by atoms with Crippen molar-refractivity contribution in [3.8, 4) is 0 Å². The Morgan fingerprint density at radius 1 is 1.12 bits per heavy atom. The first-order valence-corrected chi connectivity index (χ1v) is 9.25. The fourth-order valence-electron chi connectivity index (χ4n) is 2.46. The average Bonchev–Trinajstić information content (AvgIpc) is 3.07. The average molecular weight is 357 g/mol. The van der Waals surface area contributed by atoms with E-state index < -0.39 is 10.0 Å². The van der Waals surface area contributed by atoms with E-state index in [0.717, 1.165) is 11.3 Å². The molecule has 130 valence electrons. The number of rotatable bonds is 6. The van der Waals surface area contributed by atoms with Gasteiger partial charge in [0.1, 0.15) is 11.6 Å². The number of furan rings is 1. The summed E-state index contributed by atoms with van der Waals surface area (Å²) in [5.41, 5.74) is 2.13. The molecule has 6 nitrogen and oxygen atoms in total. The number of nitrogens with one attached hydrogen (secondary N) is 2. The minimum absolute atomic E-state index is 0.262. The molecule has 2 heterocycles. The Kier molecular flexibility index (Phi) is 4.76. The standard InChI is InChI=1S/C18H19N3O3S/c1-13-5-7-17(14(2)10-13)25(22,23)21-15-6-8-18(19-11-15)20-12-16-4-3-9-24-16/h3-11,21H,12H2,1-2H3,(H,19,20). The number of hydrogen-bond donors (Lipinski definition) is 2. The molecule has 0 radical (unpaired) electrons. The molecule has 0 spiro atoms. The highest BCUT2D eigenvalue weighted by atomic mass is 32.2. The molecule has 0 amide bonds. The quantitative estimate of drug-likeness (QED) is 0.703. The molecule has 1 aromatic carbocycles. The molecule has 0 unspecified atom stereocenters. The molecule has 0 fully saturated rings. The molecule has 2 aromatic heterocycles. The summed E-state index contributed by atoms with van der Waals surface area (Å²) < 4.78 is 32.9.